The van der Waals surface area contributed by atoms with Gasteiger partial charge < -0.3 is 15.9 Å². The van der Waals surface area contributed by atoms with Crippen molar-refractivity contribution in [2.45, 2.75) is 51.0 Å². The van der Waals surface area contributed by atoms with E-state index in [-0.39, 0.29) is 13.0 Å². The smallest absolute Gasteiger partial charge is 0.303 e. The molecule has 0 amide bonds. The maximum atomic E-state index is 10.7. The van der Waals surface area contributed by atoms with Crippen LogP contribution in [0.15, 0.2) is 18.2 Å². The van der Waals surface area contributed by atoms with Crippen molar-refractivity contribution in [3.05, 3.63) is 34.9 Å². The summed E-state index contributed by atoms with van der Waals surface area (Å²) in [5.74, 6) is 0.333. The number of carboxylic acid groups (broad SMARTS) is 1. The summed E-state index contributed by atoms with van der Waals surface area (Å²) in [5.41, 5.74) is 8.97. The fourth-order valence-corrected chi connectivity index (χ4v) is 3.28. The summed E-state index contributed by atoms with van der Waals surface area (Å²) in [6, 6.07) is 5.98. The predicted octanol–water partition coefficient (Wildman–Crippen LogP) is 2.43. The van der Waals surface area contributed by atoms with Gasteiger partial charge in [0.25, 0.3) is 0 Å². The van der Waals surface area contributed by atoms with Crippen LogP contribution in [0.3, 0.4) is 0 Å². The summed E-state index contributed by atoms with van der Waals surface area (Å²) in [6.07, 6.45) is 5.20. The first-order chi connectivity index (χ1) is 10.1. The first kappa shape index (κ1) is 16.0. The minimum absolute atomic E-state index is 0.0470. The van der Waals surface area contributed by atoms with Crippen LogP contribution in [0.25, 0.3) is 0 Å². The monoisotopic (exact) mass is 291 g/mol. The molecule has 1 saturated carbocycles. The molecule has 2 rings (SSSR count). The van der Waals surface area contributed by atoms with Gasteiger partial charge in [0.1, 0.15) is 0 Å². The number of rotatable bonds is 6. The van der Waals surface area contributed by atoms with Crippen LogP contribution in [0.2, 0.25) is 0 Å². The molecule has 0 saturated heterocycles. The average Bonchev–Trinajstić information content (AvgIpc) is 2.52. The van der Waals surface area contributed by atoms with Crippen LogP contribution in [-0.4, -0.2) is 22.7 Å². The number of nitrogens with two attached hydrogens (primary N) is 1. The van der Waals surface area contributed by atoms with Gasteiger partial charge >= 0.3 is 5.97 Å². The third-order valence-electron chi connectivity index (χ3n) is 4.63. The Kier molecular flexibility index (Phi) is 5.76. The Bertz CT molecular complexity index is 479. The first-order valence-corrected chi connectivity index (χ1v) is 7.78. The number of aryl methyl sites for hydroxylation is 1. The Labute approximate surface area is 126 Å². The molecule has 0 spiro atoms. The van der Waals surface area contributed by atoms with E-state index in [0.29, 0.717) is 18.3 Å². The number of aliphatic carboxylic acids is 1. The molecular weight excluding hydrogens is 266 g/mol. The molecule has 0 aromatic heterocycles. The molecule has 1 fully saturated rings. The second-order valence-electron chi connectivity index (χ2n) is 6.04. The molecule has 4 heteroatoms. The van der Waals surface area contributed by atoms with E-state index in [4.69, 9.17) is 10.8 Å². The molecule has 1 aliphatic rings. The van der Waals surface area contributed by atoms with Crippen molar-refractivity contribution in [3.8, 4) is 0 Å². The standard InChI is InChI=1S/C17H25NO3/c18-10-13-2-5-14(6-3-13)16-9-12(4-8-17(20)21)1-7-15(16)11-19/h1,7,9,13-14,19H,2-6,8,10-11,18H2,(H,20,21). The van der Waals surface area contributed by atoms with Crippen molar-refractivity contribution >= 4 is 5.97 Å². The van der Waals surface area contributed by atoms with E-state index in [1.807, 2.05) is 12.1 Å². The Morgan fingerprint density at radius 1 is 1.24 bits per heavy atom. The van der Waals surface area contributed by atoms with Gasteiger partial charge in [-0.15, -0.1) is 0 Å². The van der Waals surface area contributed by atoms with Crippen LogP contribution >= 0.6 is 0 Å². The molecule has 4 nitrogen and oxygen atoms in total. The number of carboxylic acids is 1. The molecule has 0 atom stereocenters. The van der Waals surface area contributed by atoms with Crippen LogP contribution in [0.5, 0.6) is 0 Å². The summed E-state index contributed by atoms with van der Waals surface area (Å²) in [4.78, 5) is 10.7. The molecule has 0 bridgehead atoms. The summed E-state index contributed by atoms with van der Waals surface area (Å²) < 4.78 is 0. The molecule has 4 N–H and O–H groups in total. The highest BCUT2D eigenvalue weighted by atomic mass is 16.4. The third-order valence-corrected chi connectivity index (χ3v) is 4.63. The van der Waals surface area contributed by atoms with Gasteiger partial charge in [-0.2, -0.15) is 0 Å². The molecule has 0 heterocycles. The average molecular weight is 291 g/mol. The van der Waals surface area contributed by atoms with E-state index in [1.54, 1.807) is 0 Å². The molecule has 0 unspecified atom stereocenters. The third kappa shape index (κ3) is 4.29. The van der Waals surface area contributed by atoms with E-state index in [1.165, 1.54) is 5.56 Å². The minimum Gasteiger partial charge on any atom is -0.481 e. The maximum Gasteiger partial charge on any atom is 0.303 e. The lowest BCUT2D eigenvalue weighted by Crippen LogP contribution is -2.21. The van der Waals surface area contributed by atoms with Crippen LogP contribution in [0, 0.1) is 5.92 Å². The number of hydrogen-bond acceptors (Lipinski definition) is 3. The van der Waals surface area contributed by atoms with Crippen molar-refractivity contribution in [2.24, 2.45) is 11.7 Å². The molecule has 1 aliphatic carbocycles. The first-order valence-electron chi connectivity index (χ1n) is 7.78. The Morgan fingerprint density at radius 3 is 2.52 bits per heavy atom. The van der Waals surface area contributed by atoms with E-state index >= 15 is 0 Å². The van der Waals surface area contributed by atoms with Crippen LogP contribution in [0.4, 0.5) is 0 Å². The van der Waals surface area contributed by atoms with Gasteiger partial charge in [-0.05, 0) is 67.2 Å². The fraction of sp³-hybridized carbons (Fsp3) is 0.588. The lowest BCUT2D eigenvalue weighted by molar-refractivity contribution is -0.136. The van der Waals surface area contributed by atoms with E-state index < -0.39 is 5.97 Å². The second-order valence-corrected chi connectivity index (χ2v) is 6.04. The van der Waals surface area contributed by atoms with Crippen LogP contribution in [-0.2, 0) is 17.8 Å². The molecule has 1 aromatic carbocycles. The zero-order chi connectivity index (χ0) is 15.2. The lowest BCUT2D eigenvalue weighted by Gasteiger charge is -2.29. The van der Waals surface area contributed by atoms with Crippen molar-refractivity contribution in [2.75, 3.05) is 6.54 Å². The number of aliphatic hydroxyl groups is 1. The number of carbonyl (C=O) groups is 1. The van der Waals surface area contributed by atoms with Crippen LogP contribution in [0.1, 0.15) is 54.7 Å². The van der Waals surface area contributed by atoms with Crippen molar-refractivity contribution in [1.29, 1.82) is 0 Å². The second kappa shape index (κ2) is 7.57. The van der Waals surface area contributed by atoms with Gasteiger partial charge in [0.15, 0.2) is 0 Å². The summed E-state index contributed by atoms with van der Waals surface area (Å²) in [7, 11) is 0. The van der Waals surface area contributed by atoms with E-state index in [9.17, 15) is 9.90 Å². The van der Waals surface area contributed by atoms with Crippen LogP contribution < -0.4 is 5.73 Å². The SMILES string of the molecule is NCC1CCC(c2cc(CCC(=O)O)ccc2CO)CC1. The van der Waals surface area contributed by atoms with Gasteiger partial charge in [0.2, 0.25) is 0 Å². The Hall–Kier alpha value is -1.39. The highest BCUT2D eigenvalue weighted by Gasteiger charge is 2.23. The van der Waals surface area contributed by atoms with Gasteiger partial charge in [0.05, 0.1) is 6.61 Å². The van der Waals surface area contributed by atoms with Gasteiger partial charge in [-0.3, -0.25) is 4.79 Å². The molecular formula is C17H25NO3. The number of aliphatic hydroxyl groups excluding tert-OH is 1. The highest BCUT2D eigenvalue weighted by Crippen LogP contribution is 2.37. The quantitative estimate of drug-likeness (QED) is 0.751. The Morgan fingerprint density at radius 2 is 1.95 bits per heavy atom. The van der Waals surface area contributed by atoms with Gasteiger partial charge in [0, 0.05) is 6.42 Å². The predicted molar refractivity (Wildman–Crippen MR) is 82.1 cm³/mol. The molecule has 1 aromatic rings. The van der Waals surface area contributed by atoms with E-state index in [0.717, 1.165) is 43.4 Å². The van der Waals surface area contributed by atoms with Gasteiger partial charge in [-0.1, -0.05) is 18.2 Å². The number of benzene rings is 1. The van der Waals surface area contributed by atoms with Crippen molar-refractivity contribution in [3.63, 3.8) is 0 Å². The summed E-state index contributed by atoms with van der Waals surface area (Å²) >= 11 is 0. The number of hydrogen-bond donors (Lipinski definition) is 3. The summed E-state index contributed by atoms with van der Waals surface area (Å²) in [5, 5.41) is 18.3. The highest BCUT2D eigenvalue weighted by molar-refractivity contribution is 5.67. The lowest BCUT2D eigenvalue weighted by atomic mass is 9.77. The minimum atomic E-state index is -0.772. The molecule has 0 radical (unpaired) electrons. The van der Waals surface area contributed by atoms with Crippen molar-refractivity contribution in [1.82, 2.24) is 0 Å². The van der Waals surface area contributed by atoms with Gasteiger partial charge in [-0.25, -0.2) is 0 Å². The topological polar surface area (TPSA) is 83.6 Å². The fourth-order valence-electron chi connectivity index (χ4n) is 3.28. The maximum absolute atomic E-state index is 10.7. The largest absolute Gasteiger partial charge is 0.481 e. The van der Waals surface area contributed by atoms with E-state index in [2.05, 4.69) is 6.07 Å². The normalized spacial score (nSPS) is 22.2. The Balaban J connectivity index is 2.12. The molecule has 0 aliphatic heterocycles. The molecule has 21 heavy (non-hydrogen) atoms. The summed E-state index contributed by atoms with van der Waals surface area (Å²) in [6.45, 7) is 0.809. The molecule has 116 valence electrons. The zero-order valence-corrected chi connectivity index (χ0v) is 12.4. The zero-order valence-electron chi connectivity index (χ0n) is 12.4. The van der Waals surface area contributed by atoms with Crippen molar-refractivity contribution < 1.29 is 15.0 Å².